The van der Waals surface area contributed by atoms with Crippen molar-refractivity contribution in [1.29, 1.82) is 0 Å². The molecule has 2 fully saturated rings. The third kappa shape index (κ3) is 2.70. The molecule has 0 radical (unpaired) electrons. The van der Waals surface area contributed by atoms with Gasteiger partial charge < -0.3 is 4.98 Å². The Bertz CT molecular complexity index is 677. The Hall–Kier alpha value is -0.690. The van der Waals surface area contributed by atoms with Gasteiger partial charge in [0.05, 0.1) is 17.2 Å². The van der Waals surface area contributed by atoms with Gasteiger partial charge in [-0.05, 0) is 35.2 Å². The predicted molar refractivity (Wildman–Crippen MR) is 79.8 cm³/mol. The zero-order valence-electron chi connectivity index (χ0n) is 11.1. The van der Waals surface area contributed by atoms with Crippen LogP contribution in [0, 0.1) is 0 Å². The monoisotopic (exact) mass is 360 g/mol. The fourth-order valence-corrected chi connectivity index (χ4v) is 5.43. The second-order valence-electron chi connectivity index (χ2n) is 5.73. The number of hydrogen-bond acceptors (Lipinski definition) is 4. The molecule has 1 aromatic rings. The Morgan fingerprint density at radius 1 is 1.15 bits per heavy atom. The first-order valence-corrected chi connectivity index (χ1v) is 9.58. The first-order valence-electron chi connectivity index (χ1n) is 6.96. The van der Waals surface area contributed by atoms with Gasteiger partial charge in [-0.3, -0.25) is 4.79 Å². The van der Waals surface area contributed by atoms with E-state index in [1.54, 1.807) is 0 Å². The molecule has 1 N–H and O–H groups in total. The lowest BCUT2D eigenvalue weighted by Gasteiger charge is -2.14. The smallest absolute Gasteiger partial charge is 0.265 e. The molecule has 20 heavy (non-hydrogen) atoms. The molecule has 1 aliphatic carbocycles. The van der Waals surface area contributed by atoms with Crippen LogP contribution in [0.25, 0.3) is 0 Å². The van der Waals surface area contributed by atoms with Crippen LogP contribution in [-0.4, -0.2) is 29.9 Å². The molecule has 0 amide bonds. The molecule has 1 atom stereocenters. The zero-order valence-corrected chi connectivity index (χ0v) is 13.5. The molecule has 1 saturated heterocycles. The SMILES string of the molecule is O=c1[nH]c(C2CCS(=O)(=O)C2)nc(C2CCCC2)c1Br. The Morgan fingerprint density at radius 2 is 1.85 bits per heavy atom. The van der Waals surface area contributed by atoms with Crippen LogP contribution >= 0.6 is 15.9 Å². The minimum Gasteiger partial charge on any atom is -0.309 e. The highest BCUT2D eigenvalue weighted by atomic mass is 79.9. The summed E-state index contributed by atoms with van der Waals surface area (Å²) in [7, 11) is -2.97. The quantitative estimate of drug-likeness (QED) is 0.875. The van der Waals surface area contributed by atoms with E-state index in [2.05, 4.69) is 25.9 Å². The van der Waals surface area contributed by atoms with Crippen molar-refractivity contribution in [3.05, 3.63) is 26.3 Å². The summed E-state index contributed by atoms with van der Waals surface area (Å²) in [5.74, 6) is 0.989. The van der Waals surface area contributed by atoms with Gasteiger partial charge >= 0.3 is 0 Å². The Morgan fingerprint density at radius 3 is 2.45 bits per heavy atom. The molecule has 0 aromatic carbocycles. The van der Waals surface area contributed by atoms with Gasteiger partial charge in [0.25, 0.3) is 5.56 Å². The number of nitrogens with one attached hydrogen (secondary N) is 1. The first kappa shape index (κ1) is 14.3. The van der Waals surface area contributed by atoms with Gasteiger partial charge in [-0.25, -0.2) is 13.4 Å². The van der Waals surface area contributed by atoms with Gasteiger partial charge in [-0.15, -0.1) is 0 Å². The van der Waals surface area contributed by atoms with E-state index in [9.17, 15) is 13.2 Å². The minimum atomic E-state index is -2.97. The average Bonchev–Trinajstić information content (AvgIpc) is 3.01. The van der Waals surface area contributed by atoms with Gasteiger partial charge in [0, 0.05) is 11.8 Å². The number of sulfone groups is 1. The molecular formula is C13H17BrN2O3S. The Labute approximate surface area is 126 Å². The summed E-state index contributed by atoms with van der Waals surface area (Å²) in [6, 6.07) is 0. The summed E-state index contributed by atoms with van der Waals surface area (Å²) < 4.78 is 23.7. The summed E-state index contributed by atoms with van der Waals surface area (Å²) in [6.07, 6.45) is 4.99. The van der Waals surface area contributed by atoms with E-state index in [1.165, 1.54) is 12.8 Å². The second kappa shape index (κ2) is 5.26. The molecule has 1 saturated carbocycles. The lowest BCUT2D eigenvalue weighted by atomic mass is 10.0. The molecular weight excluding hydrogens is 344 g/mol. The van der Waals surface area contributed by atoms with Crippen LogP contribution in [0.5, 0.6) is 0 Å². The number of hydrogen-bond donors (Lipinski definition) is 1. The third-order valence-electron chi connectivity index (χ3n) is 4.27. The van der Waals surface area contributed by atoms with Gasteiger partial charge in [-0.2, -0.15) is 0 Å². The van der Waals surface area contributed by atoms with Crippen molar-refractivity contribution < 1.29 is 8.42 Å². The Kier molecular flexibility index (Phi) is 3.75. The highest BCUT2D eigenvalue weighted by Gasteiger charge is 2.32. The van der Waals surface area contributed by atoms with E-state index in [1.807, 2.05) is 0 Å². The van der Waals surface area contributed by atoms with Crippen LogP contribution in [0.4, 0.5) is 0 Å². The molecule has 1 aromatic heterocycles. The first-order chi connectivity index (χ1) is 9.46. The molecule has 5 nitrogen and oxygen atoms in total. The molecule has 0 bridgehead atoms. The second-order valence-corrected chi connectivity index (χ2v) is 8.75. The number of aromatic nitrogens is 2. The number of nitrogens with zero attached hydrogens (tertiary/aromatic N) is 1. The molecule has 7 heteroatoms. The lowest BCUT2D eigenvalue weighted by Crippen LogP contribution is -2.20. The highest BCUT2D eigenvalue weighted by Crippen LogP contribution is 2.36. The van der Waals surface area contributed by atoms with E-state index in [0.29, 0.717) is 22.6 Å². The summed E-state index contributed by atoms with van der Waals surface area (Å²) in [6.45, 7) is 0. The number of aromatic amines is 1. The molecule has 2 heterocycles. The molecule has 0 spiro atoms. The third-order valence-corrected chi connectivity index (χ3v) is 6.80. The van der Waals surface area contributed by atoms with Crippen molar-refractivity contribution in [2.24, 2.45) is 0 Å². The maximum Gasteiger partial charge on any atom is 0.265 e. The molecule has 3 rings (SSSR count). The molecule has 110 valence electrons. The number of rotatable bonds is 2. The maximum absolute atomic E-state index is 12.0. The van der Waals surface area contributed by atoms with Gasteiger partial charge in [0.1, 0.15) is 10.3 Å². The zero-order chi connectivity index (χ0) is 14.3. The maximum atomic E-state index is 12.0. The summed E-state index contributed by atoms with van der Waals surface area (Å²) in [5, 5.41) is 0. The van der Waals surface area contributed by atoms with E-state index in [-0.39, 0.29) is 23.0 Å². The van der Waals surface area contributed by atoms with Gasteiger partial charge in [-0.1, -0.05) is 12.8 Å². The van der Waals surface area contributed by atoms with Gasteiger partial charge in [0.15, 0.2) is 9.84 Å². The minimum absolute atomic E-state index is 0.0989. The highest BCUT2D eigenvalue weighted by molar-refractivity contribution is 9.10. The summed E-state index contributed by atoms with van der Waals surface area (Å²) >= 11 is 3.33. The molecule has 1 unspecified atom stereocenters. The molecule has 1 aliphatic heterocycles. The average molecular weight is 361 g/mol. The summed E-state index contributed by atoms with van der Waals surface area (Å²) in [4.78, 5) is 19.4. The number of halogens is 1. The van der Waals surface area contributed by atoms with E-state index < -0.39 is 9.84 Å². The topological polar surface area (TPSA) is 79.9 Å². The van der Waals surface area contributed by atoms with Crippen molar-refractivity contribution in [2.45, 2.75) is 43.9 Å². The van der Waals surface area contributed by atoms with Crippen LogP contribution in [0.1, 0.15) is 55.5 Å². The fourth-order valence-electron chi connectivity index (χ4n) is 3.17. The van der Waals surface area contributed by atoms with Crippen molar-refractivity contribution in [1.82, 2.24) is 9.97 Å². The number of H-pyrrole nitrogens is 1. The van der Waals surface area contributed by atoms with E-state index in [0.717, 1.165) is 18.5 Å². The van der Waals surface area contributed by atoms with Crippen molar-refractivity contribution >= 4 is 25.8 Å². The Balaban J connectivity index is 1.98. The van der Waals surface area contributed by atoms with Crippen LogP contribution < -0.4 is 5.56 Å². The van der Waals surface area contributed by atoms with Crippen LogP contribution in [0.3, 0.4) is 0 Å². The largest absolute Gasteiger partial charge is 0.309 e. The van der Waals surface area contributed by atoms with Crippen molar-refractivity contribution in [3.8, 4) is 0 Å². The van der Waals surface area contributed by atoms with Crippen LogP contribution in [0.2, 0.25) is 0 Å². The normalized spacial score (nSPS) is 26.1. The van der Waals surface area contributed by atoms with Gasteiger partial charge in [0.2, 0.25) is 0 Å². The standard InChI is InChI=1S/C13H17BrN2O3S/c14-10-11(8-3-1-2-4-8)15-12(16-13(10)17)9-5-6-20(18,19)7-9/h8-9H,1-7H2,(H,15,16,17). The lowest BCUT2D eigenvalue weighted by molar-refractivity contribution is 0.600. The molecule has 2 aliphatic rings. The fraction of sp³-hybridized carbons (Fsp3) is 0.692. The van der Waals surface area contributed by atoms with E-state index in [4.69, 9.17) is 0 Å². The van der Waals surface area contributed by atoms with Crippen molar-refractivity contribution in [2.75, 3.05) is 11.5 Å². The van der Waals surface area contributed by atoms with Crippen molar-refractivity contribution in [3.63, 3.8) is 0 Å². The van der Waals surface area contributed by atoms with Crippen LogP contribution in [0.15, 0.2) is 9.27 Å². The summed E-state index contributed by atoms with van der Waals surface area (Å²) in [5.41, 5.74) is 0.617. The van der Waals surface area contributed by atoms with E-state index >= 15 is 0 Å². The predicted octanol–water partition coefficient (Wildman–Crippen LogP) is 2.09. The van der Waals surface area contributed by atoms with Crippen LogP contribution in [-0.2, 0) is 9.84 Å².